The largest absolute Gasteiger partial charge is 0.385 e. The number of aryl methyl sites for hydroxylation is 1. The van der Waals surface area contributed by atoms with Gasteiger partial charge in [-0.2, -0.15) is 0 Å². The van der Waals surface area contributed by atoms with Gasteiger partial charge in [0.1, 0.15) is 0 Å². The molecule has 9 heteroatoms. The number of sulfonamides is 2. The van der Waals surface area contributed by atoms with Gasteiger partial charge in [-0.15, -0.1) is 0 Å². The van der Waals surface area contributed by atoms with E-state index in [1.54, 1.807) is 48.5 Å². The van der Waals surface area contributed by atoms with E-state index in [0.29, 0.717) is 11.4 Å². The van der Waals surface area contributed by atoms with Crippen LogP contribution in [0.1, 0.15) is 109 Å². The highest BCUT2D eigenvalue weighted by molar-refractivity contribution is 7.93. The SMILES string of the molecule is CCCCCCCCCCCCCCCCCNc1ccc(S(=O)(=O)Nc2ccc(NS(=O)(=O)c3ccc(C)cc3)cc2)cc1. The van der Waals surface area contributed by atoms with Crippen molar-refractivity contribution in [3.63, 3.8) is 0 Å². The van der Waals surface area contributed by atoms with Crippen molar-refractivity contribution in [3.8, 4) is 0 Å². The predicted molar refractivity (Wildman–Crippen MR) is 189 cm³/mol. The molecule has 0 saturated carbocycles. The van der Waals surface area contributed by atoms with Crippen molar-refractivity contribution in [1.29, 1.82) is 0 Å². The van der Waals surface area contributed by atoms with E-state index in [0.717, 1.165) is 24.2 Å². The lowest BCUT2D eigenvalue weighted by atomic mass is 10.0. The van der Waals surface area contributed by atoms with E-state index >= 15 is 0 Å². The molecular weight excluding hydrogens is 603 g/mol. The van der Waals surface area contributed by atoms with E-state index < -0.39 is 20.0 Å². The summed E-state index contributed by atoms with van der Waals surface area (Å²) in [4.78, 5) is 0.315. The zero-order valence-electron chi connectivity index (χ0n) is 27.2. The zero-order chi connectivity index (χ0) is 32.4. The number of nitrogens with one attached hydrogen (secondary N) is 3. The van der Waals surface area contributed by atoms with Gasteiger partial charge in [0.15, 0.2) is 0 Å². The fourth-order valence-electron chi connectivity index (χ4n) is 5.23. The average molecular weight is 656 g/mol. The highest BCUT2D eigenvalue weighted by Gasteiger charge is 2.16. The standard InChI is InChI=1S/C36H53N3O4S2/c1-3-4-5-6-7-8-9-10-11-12-13-14-15-16-17-30-37-32-24-28-36(29-25-32)45(42,43)39-34-22-20-33(21-23-34)38-44(40,41)35-26-18-31(2)19-27-35/h18-29,37-39H,3-17,30H2,1-2H3. The molecule has 0 aliphatic heterocycles. The molecule has 0 fully saturated rings. The summed E-state index contributed by atoms with van der Waals surface area (Å²) >= 11 is 0. The minimum Gasteiger partial charge on any atom is -0.385 e. The predicted octanol–water partition coefficient (Wildman–Crippen LogP) is 9.88. The summed E-state index contributed by atoms with van der Waals surface area (Å²) in [6, 6.07) is 19.4. The summed E-state index contributed by atoms with van der Waals surface area (Å²) in [5.41, 5.74) is 2.53. The first-order valence-electron chi connectivity index (χ1n) is 16.8. The van der Waals surface area contributed by atoms with Crippen LogP contribution in [0.4, 0.5) is 17.1 Å². The van der Waals surface area contributed by atoms with Crippen LogP contribution in [0.3, 0.4) is 0 Å². The molecule has 3 aromatic rings. The van der Waals surface area contributed by atoms with Crippen LogP contribution in [0.25, 0.3) is 0 Å². The van der Waals surface area contributed by atoms with Gasteiger partial charge in [-0.3, -0.25) is 9.44 Å². The summed E-state index contributed by atoms with van der Waals surface area (Å²) in [6.45, 7) is 5.02. The van der Waals surface area contributed by atoms with Gasteiger partial charge in [0, 0.05) is 23.6 Å². The second-order valence-corrected chi connectivity index (χ2v) is 15.4. The molecule has 0 spiro atoms. The molecule has 0 atom stereocenters. The lowest BCUT2D eigenvalue weighted by Gasteiger charge is -2.12. The third kappa shape index (κ3) is 13.9. The van der Waals surface area contributed by atoms with Gasteiger partial charge in [-0.05, 0) is 74.0 Å². The monoisotopic (exact) mass is 655 g/mol. The molecule has 3 N–H and O–H groups in total. The van der Waals surface area contributed by atoms with Crippen LogP contribution in [0.15, 0.2) is 82.6 Å². The van der Waals surface area contributed by atoms with Crippen LogP contribution < -0.4 is 14.8 Å². The smallest absolute Gasteiger partial charge is 0.261 e. The lowest BCUT2D eigenvalue weighted by molar-refractivity contribution is 0.533. The highest BCUT2D eigenvalue weighted by Crippen LogP contribution is 2.22. The Morgan fingerprint density at radius 3 is 1.18 bits per heavy atom. The molecule has 0 saturated heterocycles. The van der Waals surface area contributed by atoms with Gasteiger partial charge in [-0.25, -0.2) is 16.8 Å². The number of benzene rings is 3. The maximum absolute atomic E-state index is 12.9. The quantitative estimate of drug-likeness (QED) is 0.0882. The molecule has 0 bridgehead atoms. The van der Waals surface area contributed by atoms with Gasteiger partial charge in [-0.1, -0.05) is 115 Å². The van der Waals surface area contributed by atoms with Crippen molar-refractivity contribution in [2.24, 2.45) is 0 Å². The van der Waals surface area contributed by atoms with Gasteiger partial charge in [0.25, 0.3) is 20.0 Å². The van der Waals surface area contributed by atoms with E-state index in [2.05, 4.69) is 21.7 Å². The molecule has 248 valence electrons. The average Bonchev–Trinajstić information content (AvgIpc) is 3.02. The van der Waals surface area contributed by atoms with Crippen LogP contribution in [-0.2, 0) is 20.0 Å². The van der Waals surface area contributed by atoms with E-state index in [1.165, 1.54) is 114 Å². The summed E-state index contributed by atoms with van der Waals surface area (Å²) in [7, 11) is -7.53. The van der Waals surface area contributed by atoms with Crippen molar-refractivity contribution >= 4 is 37.1 Å². The fourth-order valence-corrected chi connectivity index (χ4v) is 7.35. The van der Waals surface area contributed by atoms with E-state index in [1.807, 2.05) is 6.92 Å². The number of anilines is 3. The van der Waals surface area contributed by atoms with Crippen LogP contribution in [0, 0.1) is 6.92 Å². The molecule has 0 aliphatic carbocycles. The summed E-state index contributed by atoms with van der Waals surface area (Å²) < 4.78 is 56.1. The second kappa shape index (κ2) is 19.5. The minimum atomic E-state index is -3.79. The van der Waals surface area contributed by atoms with Gasteiger partial charge < -0.3 is 5.32 Å². The molecule has 45 heavy (non-hydrogen) atoms. The number of rotatable bonds is 23. The Hall–Kier alpha value is -3.04. The topological polar surface area (TPSA) is 104 Å². The van der Waals surface area contributed by atoms with Gasteiger partial charge in [0.05, 0.1) is 9.79 Å². The molecule has 0 aromatic heterocycles. The van der Waals surface area contributed by atoms with Crippen molar-refractivity contribution in [3.05, 3.63) is 78.4 Å². The van der Waals surface area contributed by atoms with Crippen LogP contribution in [0.2, 0.25) is 0 Å². The van der Waals surface area contributed by atoms with E-state index in [9.17, 15) is 16.8 Å². The Bertz CT molecular complexity index is 1460. The summed E-state index contributed by atoms with van der Waals surface area (Å²) in [5, 5.41) is 3.39. The molecule has 0 heterocycles. The van der Waals surface area contributed by atoms with Crippen molar-refractivity contribution < 1.29 is 16.8 Å². The first-order valence-corrected chi connectivity index (χ1v) is 19.7. The molecule has 0 radical (unpaired) electrons. The zero-order valence-corrected chi connectivity index (χ0v) is 28.8. The highest BCUT2D eigenvalue weighted by atomic mass is 32.2. The van der Waals surface area contributed by atoms with E-state index in [-0.39, 0.29) is 9.79 Å². The first-order chi connectivity index (χ1) is 21.7. The van der Waals surface area contributed by atoms with Gasteiger partial charge >= 0.3 is 0 Å². The molecule has 0 unspecified atom stereocenters. The Balaban J connectivity index is 1.29. The molecule has 0 aliphatic rings. The fraction of sp³-hybridized carbons (Fsp3) is 0.500. The Labute approximate surface area is 272 Å². The van der Waals surface area contributed by atoms with Crippen molar-refractivity contribution in [1.82, 2.24) is 0 Å². The molecular formula is C36H53N3O4S2. The molecule has 3 rings (SSSR count). The number of unbranched alkanes of at least 4 members (excludes halogenated alkanes) is 14. The van der Waals surface area contributed by atoms with Crippen molar-refractivity contribution in [2.45, 2.75) is 120 Å². The normalized spacial score (nSPS) is 11.8. The lowest BCUT2D eigenvalue weighted by Crippen LogP contribution is -2.14. The maximum Gasteiger partial charge on any atom is 0.261 e. The van der Waals surface area contributed by atoms with Crippen molar-refractivity contribution in [2.75, 3.05) is 21.3 Å². The van der Waals surface area contributed by atoms with Crippen LogP contribution >= 0.6 is 0 Å². The Kier molecular flexibility index (Phi) is 15.8. The maximum atomic E-state index is 12.9. The Morgan fingerprint density at radius 1 is 0.444 bits per heavy atom. The Morgan fingerprint density at radius 2 is 0.778 bits per heavy atom. The molecule has 0 amide bonds. The molecule has 7 nitrogen and oxygen atoms in total. The third-order valence-corrected chi connectivity index (χ3v) is 10.8. The first kappa shape index (κ1) is 36.4. The van der Waals surface area contributed by atoms with Gasteiger partial charge in [0.2, 0.25) is 0 Å². The minimum absolute atomic E-state index is 0.157. The van der Waals surface area contributed by atoms with E-state index in [4.69, 9.17) is 0 Å². The van der Waals surface area contributed by atoms with Crippen LogP contribution in [-0.4, -0.2) is 23.4 Å². The summed E-state index contributed by atoms with van der Waals surface area (Å²) in [5.74, 6) is 0. The number of hydrogen-bond donors (Lipinski definition) is 3. The summed E-state index contributed by atoms with van der Waals surface area (Å²) in [6.07, 6.45) is 20.1. The number of hydrogen-bond acceptors (Lipinski definition) is 5. The second-order valence-electron chi connectivity index (χ2n) is 12.0. The third-order valence-electron chi connectivity index (χ3n) is 7.99. The molecule has 3 aromatic carbocycles. The van der Waals surface area contributed by atoms with Crippen LogP contribution in [0.5, 0.6) is 0 Å².